The summed E-state index contributed by atoms with van der Waals surface area (Å²) in [5.74, 6) is 0.0773. The highest BCUT2D eigenvalue weighted by atomic mass is 32.2. The molecule has 2 rings (SSSR count). The van der Waals surface area contributed by atoms with Crippen molar-refractivity contribution in [2.75, 3.05) is 24.2 Å². The van der Waals surface area contributed by atoms with Crippen LogP contribution in [0.5, 0.6) is 5.75 Å². The molecule has 1 N–H and O–H groups in total. The van der Waals surface area contributed by atoms with E-state index in [1.54, 1.807) is 24.3 Å². The second kappa shape index (κ2) is 9.38. The molecule has 1 atom stereocenters. The van der Waals surface area contributed by atoms with Crippen molar-refractivity contribution in [3.8, 4) is 5.75 Å². The molecule has 0 aliphatic rings. The van der Waals surface area contributed by atoms with E-state index in [0.717, 1.165) is 40.4 Å². The third-order valence-corrected chi connectivity index (χ3v) is 5.57. The number of benzene rings is 2. The molecule has 0 saturated carbocycles. The highest BCUT2D eigenvalue weighted by Crippen LogP contribution is 2.31. The smallest absolute Gasteiger partial charge is 0.416 e. The van der Waals surface area contributed by atoms with Crippen molar-refractivity contribution in [1.82, 2.24) is 5.32 Å². The van der Waals surface area contributed by atoms with E-state index in [-0.39, 0.29) is 11.7 Å². The first-order valence-corrected chi connectivity index (χ1v) is 10.9. The molecule has 0 aliphatic heterocycles. The second-order valence-electron chi connectivity index (χ2n) is 6.62. The number of ether oxygens (including phenoxy) is 1. The van der Waals surface area contributed by atoms with Gasteiger partial charge in [0.05, 0.1) is 30.7 Å². The predicted molar refractivity (Wildman–Crippen MR) is 108 cm³/mol. The molecule has 0 fully saturated rings. The number of hydrogen-bond donors (Lipinski definition) is 1. The predicted octanol–water partition coefficient (Wildman–Crippen LogP) is 3.75. The van der Waals surface area contributed by atoms with Crippen LogP contribution in [0.15, 0.2) is 48.5 Å². The highest BCUT2D eigenvalue weighted by Gasteiger charge is 2.31. The topological polar surface area (TPSA) is 75.7 Å². The maximum absolute atomic E-state index is 12.8. The third kappa shape index (κ3) is 6.12. The summed E-state index contributed by atoms with van der Waals surface area (Å²) in [5.41, 5.74) is -0.125. The lowest BCUT2D eigenvalue weighted by Crippen LogP contribution is -2.41. The lowest BCUT2D eigenvalue weighted by atomic mass is 10.0. The van der Waals surface area contributed by atoms with Gasteiger partial charge in [-0.15, -0.1) is 0 Å². The van der Waals surface area contributed by atoms with Gasteiger partial charge in [-0.1, -0.05) is 19.1 Å². The van der Waals surface area contributed by atoms with Crippen LogP contribution in [0.3, 0.4) is 0 Å². The normalized spacial score (nSPS) is 12.9. The van der Waals surface area contributed by atoms with Crippen molar-refractivity contribution in [3.63, 3.8) is 0 Å². The SMILES string of the molecule is CC[C@@H](NC(=O)CN(c1ccc(C(F)(F)F)cc1)S(C)(=O)=O)c1ccc(OC)cc1. The van der Waals surface area contributed by atoms with E-state index in [2.05, 4.69) is 5.32 Å². The molecule has 0 spiro atoms. The molecule has 2 aromatic carbocycles. The van der Waals surface area contributed by atoms with Gasteiger partial charge in [0, 0.05) is 0 Å². The second-order valence-corrected chi connectivity index (χ2v) is 8.52. The highest BCUT2D eigenvalue weighted by molar-refractivity contribution is 7.92. The summed E-state index contributed by atoms with van der Waals surface area (Å²) in [6.07, 6.45) is -3.10. The van der Waals surface area contributed by atoms with Gasteiger partial charge in [-0.25, -0.2) is 8.42 Å². The molecule has 0 heterocycles. The number of hydrogen-bond acceptors (Lipinski definition) is 4. The van der Waals surface area contributed by atoms with Gasteiger partial charge in [-0.05, 0) is 48.4 Å². The van der Waals surface area contributed by atoms with Crippen LogP contribution in [0.2, 0.25) is 0 Å². The van der Waals surface area contributed by atoms with Crippen LogP contribution in [0.4, 0.5) is 18.9 Å². The minimum atomic E-state index is -4.54. The molecule has 164 valence electrons. The van der Waals surface area contributed by atoms with E-state index in [0.29, 0.717) is 12.2 Å². The zero-order valence-electron chi connectivity index (χ0n) is 16.7. The molecule has 2 aromatic rings. The summed E-state index contributed by atoms with van der Waals surface area (Å²) in [7, 11) is -2.37. The van der Waals surface area contributed by atoms with Crippen LogP contribution >= 0.6 is 0 Å². The molecule has 0 unspecified atom stereocenters. The number of sulfonamides is 1. The first-order valence-electron chi connectivity index (χ1n) is 9.04. The summed E-state index contributed by atoms with van der Waals surface area (Å²) in [5, 5.41) is 2.76. The van der Waals surface area contributed by atoms with E-state index < -0.39 is 34.2 Å². The average Bonchev–Trinajstić information content (AvgIpc) is 2.69. The first kappa shape index (κ1) is 23.5. The third-order valence-electron chi connectivity index (χ3n) is 4.43. The van der Waals surface area contributed by atoms with Crippen molar-refractivity contribution in [3.05, 3.63) is 59.7 Å². The van der Waals surface area contributed by atoms with Gasteiger partial charge in [-0.2, -0.15) is 13.2 Å². The van der Waals surface area contributed by atoms with Crippen molar-refractivity contribution in [1.29, 1.82) is 0 Å². The molecule has 6 nitrogen and oxygen atoms in total. The van der Waals surface area contributed by atoms with Crippen molar-refractivity contribution < 1.29 is 31.1 Å². The van der Waals surface area contributed by atoms with Crippen LogP contribution in [0.25, 0.3) is 0 Å². The Hall–Kier alpha value is -2.75. The Labute approximate surface area is 173 Å². The number of rotatable bonds is 8. The molecule has 0 saturated heterocycles. The fourth-order valence-corrected chi connectivity index (χ4v) is 3.70. The van der Waals surface area contributed by atoms with E-state index in [1.165, 1.54) is 7.11 Å². The van der Waals surface area contributed by atoms with Crippen molar-refractivity contribution in [2.24, 2.45) is 0 Å². The number of nitrogens with one attached hydrogen (secondary N) is 1. The maximum atomic E-state index is 12.8. The van der Waals surface area contributed by atoms with Crippen LogP contribution in [0.1, 0.15) is 30.5 Å². The van der Waals surface area contributed by atoms with Crippen LogP contribution in [-0.4, -0.2) is 34.2 Å². The van der Waals surface area contributed by atoms with Crippen molar-refractivity contribution >= 4 is 21.6 Å². The van der Waals surface area contributed by atoms with Gasteiger partial charge < -0.3 is 10.1 Å². The molecule has 30 heavy (non-hydrogen) atoms. The number of anilines is 1. The fourth-order valence-electron chi connectivity index (χ4n) is 2.84. The lowest BCUT2D eigenvalue weighted by Gasteiger charge is -2.24. The molecule has 0 aromatic heterocycles. The Morgan fingerprint density at radius 1 is 1.10 bits per heavy atom. The van der Waals surface area contributed by atoms with E-state index in [1.807, 2.05) is 6.92 Å². The summed E-state index contributed by atoms with van der Waals surface area (Å²) < 4.78 is 68.4. The fraction of sp³-hybridized carbons (Fsp3) is 0.350. The van der Waals surface area contributed by atoms with Crippen LogP contribution < -0.4 is 14.4 Å². The standard InChI is InChI=1S/C20H23F3N2O4S/c1-4-18(14-5-11-17(29-2)12-6-14)24-19(26)13-25(30(3,27)28)16-9-7-15(8-10-16)20(21,22)23/h5-12,18H,4,13H2,1-3H3,(H,24,26)/t18-/m1/s1. The number of methoxy groups -OCH3 is 1. The minimum absolute atomic E-state index is 0.0295. The molecule has 0 radical (unpaired) electrons. The number of amides is 1. The van der Waals surface area contributed by atoms with Crippen LogP contribution in [-0.2, 0) is 21.0 Å². The molecule has 0 bridgehead atoms. The van der Waals surface area contributed by atoms with Gasteiger partial charge in [0.15, 0.2) is 0 Å². The molecular weight excluding hydrogens is 421 g/mol. The van der Waals surface area contributed by atoms with Gasteiger partial charge in [-0.3, -0.25) is 9.10 Å². The Kier molecular flexibility index (Phi) is 7.35. The van der Waals surface area contributed by atoms with E-state index in [9.17, 15) is 26.4 Å². The number of carbonyl (C=O) groups is 1. The van der Waals surface area contributed by atoms with E-state index in [4.69, 9.17) is 4.74 Å². The maximum Gasteiger partial charge on any atom is 0.416 e. The molecule has 10 heteroatoms. The lowest BCUT2D eigenvalue weighted by molar-refractivity contribution is -0.137. The number of halogens is 3. The van der Waals surface area contributed by atoms with Gasteiger partial charge in [0.1, 0.15) is 12.3 Å². The summed E-state index contributed by atoms with van der Waals surface area (Å²) in [4.78, 5) is 12.5. The molecule has 1 amide bonds. The van der Waals surface area contributed by atoms with Gasteiger partial charge >= 0.3 is 6.18 Å². The largest absolute Gasteiger partial charge is 0.497 e. The zero-order chi connectivity index (χ0) is 22.5. The number of alkyl halides is 3. The van der Waals surface area contributed by atoms with Crippen LogP contribution in [0, 0.1) is 0 Å². The molecule has 0 aliphatic carbocycles. The summed E-state index contributed by atoms with van der Waals surface area (Å²) in [6.45, 7) is 1.30. The zero-order valence-corrected chi connectivity index (χ0v) is 17.5. The minimum Gasteiger partial charge on any atom is -0.497 e. The average molecular weight is 444 g/mol. The summed E-state index contributed by atoms with van der Waals surface area (Å²) >= 11 is 0. The van der Waals surface area contributed by atoms with Gasteiger partial charge in [0.25, 0.3) is 0 Å². The molecular formula is C20H23F3N2O4S. The van der Waals surface area contributed by atoms with Gasteiger partial charge in [0.2, 0.25) is 15.9 Å². The number of carbonyl (C=O) groups excluding carboxylic acids is 1. The monoisotopic (exact) mass is 444 g/mol. The number of nitrogens with zero attached hydrogens (tertiary/aromatic N) is 1. The quantitative estimate of drug-likeness (QED) is 0.673. The Morgan fingerprint density at radius 3 is 2.10 bits per heavy atom. The Bertz CT molecular complexity index is 959. The first-order chi connectivity index (χ1) is 14.0. The Morgan fingerprint density at radius 2 is 1.67 bits per heavy atom. The Balaban J connectivity index is 2.18. The van der Waals surface area contributed by atoms with Crippen molar-refractivity contribution in [2.45, 2.75) is 25.6 Å². The van der Waals surface area contributed by atoms with E-state index >= 15 is 0 Å². The summed E-state index contributed by atoms with van der Waals surface area (Å²) in [6, 6.07) is 10.3.